The summed E-state index contributed by atoms with van der Waals surface area (Å²) < 4.78 is 15.3. The van der Waals surface area contributed by atoms with Crippen molar-refractivity contribution in [1.29, 1.82) is 0 Å². The first-order valence-corrected chi connectivity index (χ1v) is 14.5. The van der Waals surface area contributed by atoms with E-state index in [0.717, 1.165) is 23.3 Å². The number of thioether (sulfide) groups is 1. The van der Waals surface area contributed by atoms with Crippen LogP contribution < -0.4 is 0 Å². The summed E-state index contributed by atoms with van der Waals surface area (Å²) in [6.07, 6.45) is 1.68. The molecule has 1 aliphatic rings. The molecule has 0 radical (unpaired) electrons. The Hall–Kier alpha value is -3.53. The number of carbonyl (C=O) groups excluding carboxylic acids is 4. The largest absolute Gasteiger partial charge is 0.445 e. The van der Waals surface area contributed by atoms with Crippen molar-refractivity contribution in [2.24, 2.45) is 0 Å². The number of amides is 2. The van der Waals surface area contributed by atoms with E-state index in [1.54, 1.807) is 11.9 Å². The van der Waals surface area contributed by atoms with Crippen molar-refractivity contribution in [2.75, 3.05) is 19.5 Å². The van der Waals surface area contributed by atoms with E-state index in [1.807, 2.05) is 81.4 Å². The molecule has 1 heterocycles. The predicted octanol–water partition coefficient (Wildman–Crippen LogP) is 6.01. The molecule has 2 amide bonds. The third kappa shape index (κ3) is 11.3. The van der Waals surface area contributed by atoms with Crippen LogP contribution in [-0.4, -0.2) is 64.7 Å². The third-order valence-corrected chi connectivity index (χ3v) is 7.04. The minimum absolute atomic E-state index is 0.0167. The van der Waals surface area contributed by atoms with E-state index in [9.17, 15) is 19.2 Å². The second-order valence-corrected chi connectivity index (χ2v) is 10.6. The summed E-state index contributed by atoms with van der Waals surface area (Å²) in [6.45, 7) is 6.29. The Morgan fingerprint density at radius 2 is 1.57 bits per heavy atom. The van der Waals surface area contributed by atoms with Crippen molar-refractivity contribution in [1.82, 2.24) is 9.80 Å². The van der Waals surface area contributed by atoms with Crippen LogP contribution in [0.4, 0.5) is 9.59 Å². The lowest BCUT2D eigenvalue weighted by atomic mass is 10.1. The fourth-order valence-electron chi connectivity index (χ4n) is 3.73. The molecule has 0 spiro atoms. The molecule has 2 aromatic carbocycles. The van der Waals surface area contributed by atoms with Gasteiger partial charge in [0.15, 0.2) is 11.8 Å². The van der Waals surface area contributed by atoms with E-state index in [4.69, 9.17) is 14.2 Å². The smallest absolute Gasteiger partial charge is 0.413 e. The van der Waals surface area contributed by atoms with Gasteiger partial charge in [-0.05, 0) is 36.6 Å². The third-order valence-electron chi connectivity index (χ3n) is 6.22. The van der Waals surface area contributed by atoms with E-state index < -0.39 is 12.1 Å². The Labute approximate surface area is 241 Å². The lowest BCUT2D eigenvalue weighted by Crippen LogP contribution is -2.38. The van der Waals surface area contributed by atoms with Crippen LogP contribution in [-0.2, 0) is 37.0 Å². The second kappa shape index (κ2) is 17.9. The minimum Gasteiger partial charge on any atom is -0.445 e. The lowest BCUT2D eigenvalue weighted by Gasteiger charge is -2.24. The molecule has 0 aliphatic carbocycles. The summed E-state index contributed by atoms with van der Waals surface area (Å²) in [6, 6.07) is 18.5. The van der Waals surface area contributed by atoms with Gasteiger partial charge in [-0.3, -0.25) is 9.69 Å². The predicted molar refractivity (Wildman–Crippen MR) is 154 cm³/mol. The van der Waals surface area contributed by atoms with Gasteiger partial charge in [-0.15, -0.1) is 0 Å². The molecule has 1 aliphatic heterocycles. The number of hydrogen-bond donors (Lipinski definition) is 0. The van der Waals surface area contributed by atoms with Gasteiger partial charge in [0, 0.05) is 19.5 Å². The van der Waals surface area contributed by atoms with Crippen LogP contribution in [0, 0.1) is 0 Å². The highest BCUT2D eigenvalue weighted by molar-refractivity contribution is 8.13. The van der Waals surface area contributed by atoms with Gasteiger partial charge in [0.05, 0.1) is 0 Å². The molecule has 3 rings (SSSR count). The van der Waals surface area contributed by atoms with Crippen molar-refractivity contribution in [3.63, 3.8) is 0 Å². The maximum Gasteiger partial charge on any atom is 0.413 e. The Kier molecular flexibility index (Phi) is 14.7. The van der Waals surface area contributed by atoms with Gasteiger partial charge in [0.1, 0.15) is 19.3 Å². The number of nitrogens with zero attached hydrogens (tertiary/aromatic N) is 2. The Morgan fingerprint density at radius 1 is 1.00 bits per heavy atom. The van der Waals surface area contributed by atoms with Gasteiger partial charge < -0.3 is 19.1 Å². The molecule has 218 valence electrons. The summed E-state index contributed by atoms with van der Waals surface area (Å²) in [5.41, 5.74) is 1.87. The Bertz CT molecular complexity index is 1070. The van der Waals surface area contributed by atoms with Gasteiger partial charge in [-0.1, -0.05) is 92.7 Å². The molecule has 2 aromatic rings. The zero-order valence-corrected chi connectivity index (χ0v) is 24.6. The highest BCUT2D eigenvalue weighted by Gasteiger charge is 2.37. The minimum atomic E-state index is -0.506. The molecule has 2 atom stereocenters. The zero-order valence-electron chi connectivity index (χ0n) is 23.7. The topological polar surface area (TPSA) is 102 Å². The molecule has 0 bridgehead atoms. The fraction of sp³-hybridized carbons (Fsp3) is 0.467. The number of carbonyl (C=O) groups is 4. The zero-order chi connectivity index (χ0) is 29.3. The van der Waals surface area contributed by atoms with Crippen LogP contribution >= 0.6 is 11.8 Å². The molecule has 0 saturated carbocycles. The maximum atomic E-state index is 11.9. The monoisotopic (exact) mass is 572 g/mol. The number of esters is 1. The summed E-state index contributed by atoms with van der Waals surface area (Å²) in [4.78, 5) is 49.7. The van der Waals surface area contributed by atoms with Crippen LogP contribution in [0.15, 0.2) is 60.7 Å². The van der Waals surface area contributed by atoms with E-state index >= 15 is 0 Å². The summed E-state index contributed by atoms with van der Waals surface area (Å²) in [5.74, 6) is 0.445. The van der Waals surface area contributed by atoms with Gasteiger partial charge in [-0.25, -0.2) is 14.4 Å². The van der Waals surface area contributed by atoms with Crippen LogP contribution in [0.5, 0.6) is 0 Å². The first-order chi connectivity index (χ1) is 19.3. The van der Waals surface area contributed by atoms with Crippen LogP contribution in [0.1, 0.15) is 57.6 Å². The number of rotatable bonds is 11. The number of benzene rings is 2. The lowest BCUT2D eigenvalue weighted by molar-refractivity contribution is -0.139. The number of ether oxygens (including phenoxy) is 3. The quantitative estimate of drug-likeness (QED) is 0.238. The average molecular weight is 573 g/mol. The molecule has 0 N–H and O–H groups in total. The fourth-order valence-corrected chi connectivity index (χ4v) is 4.31. The highest BCUT2D eigenvalue weighted by Crippen LogP contribution is 2.18. The van der Waals surface area contributed by atoms with Crippen LogP contribution in [0.25, 0.3) is 0 Å². The first kappa shape index (κ1) is 32.7. The highest BCUT2D eigenvalue weighted by atomic mass is 32.2. The number of hydrogen-bond acceptors (Lipinski definition) is 8. The number of cyclic esters (lactones) is 1. The van der Waals surface area contributed by atoms with E-state index in [2.05, 4.69) is 0 Å². The van der Waals surface area contributed by atoms with Crippen molar-refractivity contribution in [2.45, 2.75) is 71.8 Å². The SMILES string of the molecule is CCC[C@H]1C(=O)OCN1C(=O)OCc1ccccc1.CCSC(=O)CC[C@@H](C)N(C)C(=O)OCc1ccccc1. The molecule has 0 aromatic heterocycles. The van der Waals surface area contributed by atoms with Gasteiger partial charge >= 0.3 is 18.2 Å². The Balaban J connectivity index is 0.000000281. The maximum absolute atomic E-state index is 11.9. The van der Waals surface area contributed by atoms with Crippen molar-refractivity contribution in [3.8, 4) is 0 Å². The summed E-state index contributed by atoms with van der Waals surface area (Å²) >= 11 is 1.33. The molecule has 10 heteroatoms. The van der Waals surface area contributed by atoms with Gasteiger partial charge in [-0.2, -0.15) is 0 Å². The van der Waals surface area contributed by atoms with Crippen molar-refractivity contribution in [3.05, 3.63) is 71.8 Å². The van der Waals surface area contributed by atoms with Crippen LogP contribution in [0.2, 0.25) is 0 Å². The molecule has 1 fully saturated rings. The molecule has 1 saturated heterocycles. The van der Waals surface area contributed by atoms with E-state index in [0.29, 0.717) is 19.3 Å². The van der Waals surface area contributed by atoms with Crippen molar-refractivity contribution >= 4 is 35.0 Å². The van der Waals surface area contributed by atoms with Crippen LogP contribution in [0.3, 0.4) is 0 Å². The standard InChI is InChI=1S/C16H23NO3S.C14H17NO4/c1-4-21-15(18)11-10-13(2)17(3)16(19)20-12-14-8-6-5-7-9-14;1-2-6-12-13(16)19-10-15(12)14(17)18-9-11-7-4-3-5-8-11/h5-9,13H,4,10-12H2,1-3H3;3-5,7-8,12H,2,6,9-10H2,1H3/t13-;12-/m10/s1. The molecular formula is C30H40N2O7S. The summed E-state index contributed by atoms with van der Waals surface area (Å²) in [5, 5.41) is 0.176. The van der Waals surface area contributed by atoms with Gasteiger partial charge in [0.2, 0.25) is 0 Å². The Morgan fingerprint density at radius 3 is 2.12 bits per heavy atom. The first-order valence-electron chi connectivity index (χ1n) is 13.5. The van der Waals surface area contributed by atoms with Gasteiger partial charge in [0.25, 0.3) is 0 Å². The van der Waals surface area contributed by atoms with Crippen molar-refractivity contribution < 1.29 is 33.4 Å². The molecule has 40 heavy (non-hydrogen) atoms. The van der Waals surface area contributed by atoms with E-state index in [1.165, 1.54) is 16.7 Å². The molecular weight excluding hydrogens is 532 g/mol. The second-order valence-electron chi connectivity index (χ2n) is 9.25. The molecule has 0 unspecified atom stereocenters. The summed E-state index contributed by atoms with van der Waals surface area (Å²) in [7, 11) is 1.70. The average Bonchev–Trinajstić information content (AvgIpc) is 3.34. The van der Waals surface area contributed by atoms with E-state index in [-0.39, 0.29) is 43.2 Å². The molecule has 9 nitrogen and oxygen atoms in total. The normalized spacial score (nSPS) is 14.8.